The van der Waals surface area contributed by atoms with Gasteiger partial charge in [0.15, 0.2) is 0 Å². The normalized spacial score (nSPS) is 14.6. The molecule has 0 saturated carbocycles. The molecular weight excluding hydrogens is 362 g/mol. The van der Waals surface area contributed by atoms with Gasteiger partial charge in [-0.3, -0.25) is 9.59 Å². The highest BCUT2D eigenvalue weighted by atomic mass is 16.5. The summed E-state index contributed by atoms with van der Waals surface area (Å²) in [5.41, 5.74) is 4.49. The molecule has 4 nitrogen and oxygen atoms in total. The van der Waals surface area contributed by atoms with Gasteiger partial charge in [-0.25, -0.2) is 4.90 Å². The maximum atomic E-state index is 13.3. The molecule has 144 valence electrons. The highest BCUT2D eigenvalue weighted by Crippen LogP contribution is 2.43. The van der Waals surface area contributed by atoms with Gasteiger partial charge < -0.3 is 4.74 Å². The molecule has 0 fully saturated rings. The molecule has 0 N–H and O–H groups in total. The predicted molar refractivity (Wildman–Crippen MR) is 115 cm³/mol. The summed E-state index contributed by atoms with van der Waals surface area (Å²) in [4.78, 5) is 26.9. The Bertz CT molecular complexity index is 1100. The Morgan fingerprint density at radius 2 is 1.55 bits per heavy atom. The molecule has 0 aromatic heterocycles. The van der Waals surface area contributed by atoms with E-state index in [0.29, 0.717) is 29.2 Å². The van der Waals surface area contributed by atoms with E-state index in [4.69, 9.17) is 4.74 Å². The number of hydrogen-bond acceptors (Lipinski definition) is 3. The fourth-order valence-corrected chi connectivity index (χ4v) is 3.64. The Morgan fingerprint density at radius 3 is 2.17 bits per heavy atom. The molecule has 3 aromatic rings. The minimum atomic E-state index is -0.356. The molecule has 3 aromatic carbocycles. The molecule has 0 unspecified atom stereocenters. The van der Waals surface area contributed by atoms with Gasteiger partial charge in [0.2, 0.25) is 5.91 Å². The van der Waals surface area contributed by atoms with E-state index in [1.54, 1.807) is 0 Å². The first kappa shape index (κ1) is 18.7. The second kappa shape index (κ2) is 7.76. The first-order valence-corrected chi connectivity index (χ1v) is 9.59. The zero-order valence-electron chi connectivity index (χ0n) is 16.4. The van der Waals surface area contributed by atoms with Crippen molar-refractivity contribution in [3.8, 4) is 11.1 Å². The highest BCUT2D eigenvalue weighted by Gasteiger charge is 2.38. The molecule has 0 bridgehead atoms. The summed E-state index contributed by atoms with van der Waals surface area (Å²) in [6.07, 6.45) is 0. The number of imide groups is 1. The number of nitrogens with zero attached hydrogens (tertiary/aromatic N) is 1. The largest absolute Gasteiger partial charge is 0.492 e. The number of ether oxygens (including phenoxy) is 1. The monoisotopic (exact) mass is 383 g/mol. The summed E-state index contributed by atoms with van der Waals surface area (Å²) >= 11 is 0. The van der Waals surface area contributed by atoms with Crippen molar-refractivity contribution >= 4 is 28.8 Å². The van der Waals surface area contributed by atoms with E-state index in [-0.39, 0.29) is 11.8 Å². The van der Waals surface area contributed by atoms with Crippen LogP contribution in [-0.4, -0.2) is 18.4 Å². The summed E-state index contributed by atoms with van der Waals surface area (Å²) in [6.45, 7) is 3.70. The maximum absolute atomic E-state index is 13.3. The minimum absolute atomic E-state index is 0.319. The van der Waals surface area contributed by atoms with Gasteiger partial charge in [-0.05, 0) is 24.1 Å². The van der Waals surface area contributed by atoms with Crippen LogP contribution >= 0.6 is 0 Å². The van der Waals surface area contributed by atoms with Gasteiger partial charge >= 0.3 is 0 Å². The zero-order valence-corrected chi connectivity index (χ0v) is 16.4. The molecule has 0 saturated heterocycles. The molecule has 0 aliphatic carbocycles. The maximum Gasteiger partial charge on any atom is 0.269 e. The van der Waals surface area contributed by atoms with E-state index >= 15 is 0 Å². The van der Waals surface area contributed by atoms with Crippen LogP contribution in [0.4, 0.5) is 5.69 Å². The Balaban J connectivity index is 1.95. The lowest BCUT2D eigenvalue weighted by atomic mass is 9.98. The fourth-order valence-electron chi connectivity index (χ4n) is 3.64. The number of carbonyl (C=O) groups is 2. The summed E-state index contributed by atoms with van der Waals surface area (Å²) in [7, 11) is 0. The van der Waals surface area contributed by atoms with Crippen LogP contribution < -0.4 is 4.90 Å². The van der Waals surface area contributed by atoms with Gasteiger partial charge in [-0.2, -0.15) is 0 Å². The van der Waals surface area contributed by atoms with Crippen LogP contribution in [0.2, 0.25) is 0 Å². The number of carbonyl (C=O) groups excluding carboxylic acids is 2. The van der Waals surface area contributed by atoms with Crippen LogP contribution in [0.25, 0.3) is 22.5 Å². The molecule has 4 heteroatoms. The van der Waals surface area contributed by atoms with Crippen LogP contribution in [0.3, 0.4) is 0 Å². The van der Waals surface area contributed by atoms with E-state index < -0.39 is 0 Å². The smallest absolute Gasteiger partial charge is 0.269 e. The third-order valence-corrected chi connectivity index (χ3v) is 4.90. The Morgan fingerprint density at radius 1 is 0.897 bits per heavy atom. The predicted octanol–water partition coefficient (Wildman–Crippen LogP) is 5.15. The van der Waals surface area contributed by atoms with Crippen molar-refractivity contribution in [3.63, 3.8) is 0 Å². The topological polar surface area (TPSA) is 46.6 Å². The molecule has 29 heavy (non-hydrogen) atoms. The zero-order chi connectivity index (χ0) is 20.4. The summed E-state index contributed by atoms with van der Waals surface area (Å²) in [5, 5.41) is 0. The van der Waals surface area contributed by atoms with E-state index in [1.807, 2.05) is 85.8 Å². The van der Waals surface area contributed by atoms with E-state index in [1.165, 1.54) is 11.8 Å². The van der Waals surface area contributed by atoms with Crippen LogP contribution in [0.15, 0.2) is 78.9 Å². The van der Waals surface area contributed by atoms with Gasteiger partial charge in [-0.15, -0.1) is 0 Å². The number of anilines is 1. The van der Waals surface area contributed by atoms with Gasteiger partial charge in [-0.1, -0.05) is 72.8 Å². The lowest BCUT2D eigenvalue weighted by Crippen LogP contribution is -2.31. The fraction of sp³-hybridized carbons (Fsp3) is 0.120. The minimum Gasteiger partial charge on any atom is -0.492 e. The number of benzene rings is 3. The number of fused-ring (bicyclic) bond motifs is 1. The van der Waals surface area contributed by atoms with Crippen molar-refractivity contribution in [1.82, 2.24) is 0 Å². The SMILES string of the molecule is CCO/C(=C1/C(=O)N(C(C)=O)c2cc(-c3ccccc3)ccc21)c1ccccc1. The molecular formula is C25H21NO3. The molecule has 0 atom stereocenters. The molecule has 4 rings (SSSR count). The molecule has 0 radical (unpaired) electrons. The molecule has 1 aliphatic rings. The van der Waals surface area contributed by atoms with E-state index in [9.17, 15) is 9.59 Å². The Kier molecular flexibility index (Phi) is 5.00. The number of amides is 2. The molecule has 0 spiro atoms. The second-order valence-electron chi connectivity index (χ2n) is 6.76. The first-order valence-electron chi connectivity index (χ1n) is 9.59. The van der Waals surface area contributed by atoms with Gasteiger partial charge in [0.25, 0.3) is 5.91 Å². The summed E-state index contributed by atoms with van der Waals surface area (Å²) in [5.74, 6) is -0.180. The average Bonchev–Trinajstić information content (AvgIpc) is 3.04. The quantitative estimate of drug-likeness (QED) is 0.462. The molecule has 2 amide bonds. The van der Waals surface area contributed by atoms with Crippen molar-refractivity contribution in [2.45, 2.75) is 13.8 Å². The van der Waals surface area contributed by atoms with E-state index in [0.717, 1.165) is 16.7 Å². The molecule has 1 heterocycles. The highest BCUT2D eigenvalue weighted by molar-refractivity contribution is 6.43. The standard InChI is InChI=1S/C25H21NO3/c1-3-29-24(19-12-8-5-9-13-19)23-21-15-14-20(18-10-6-4-7-11-18)16-22(21)26(17(2)27)25(23)28/h4-16H,3H2,1-2H3/b24-23+. The lowest BCUT2D eigenvalue weighted by Gasteiger charge is -2.14. The number of rotatable bonds is 4. The third-order valence-electron chi connectivity index (χ3n) is 4.90. The molecule has 1 aliphatic heterocycles. The van der Waals surface area contributed by atoms with Gasteiger partial charge in [0.1, 0.15) is 5.76 Å². The van der Waals surface area contributed by atoms with Crippen molar-refractivity contribution in [2.75, 3.05) is 11.5 Å². The summed E-state index contributed by atoms with van der Waals surface area (Å²) < 4.78 is 5.90. The van der Waals surface area contributed by atoms with Crippen LogP contribution in [-0.2, 0) is 14.3 Å². The van der Waals surface area contributed by atoms with Gasteiger partial charge in [0.05, 0.1) is 17.9 Å². The third kappa shape index (κ3) is 3.34. The van der Waals surface area contributed by atoms with E-state index in [2.05, 4.69) is 0 Å². The van der Waals surface area contributed by atoms with Crippen molar-refractivity contribution in [3.05, 3.63) is 90.0 Å². The second-order valence-corrected chi connectivity index (χ2v) is 6.76. The van der Waals surface area contributed by atoms with Crippen molar-refractivity contribution < 1.29 is 14.3 Å². The Labute approximate surface area is 170 Å². The average molecular weight is 383 g/mol. The Hall–Kier alpha value is -3.66. The first-order chi connectivity index (χ1) is 14.1. The number of hydrogen-bond donors (Lipinski definition) is 0. The van der Waals surface area contributed by atoms with Gasteiger partial charge in [0, 0.05) is 18.1 Å². The van der Waals surface area contributed by atoms with Crippen LogP contribution in [0.1, 0.15) is 25.0 Å². The lowest BCUT2D eigenvalue weighted by molar-refractivity contribution is -0.122. The van der Waals surface area contributed by atoms with Crippen molar-refractivity contribution in [2.24, 2.45) is 0 Å². The van der Waals surface area contributed by atoms with Crippen LogP contribution in [0, 0.1) is 0 Å². The van der Waals surface area contributed by atoms with Crippen LogP contribution in [0.5, 0.6) is 0 Å². The van der Waals surface area contributed by atoms with Crippen molar-refractivity contribution in [1.29, 1.82) is 0 Å². The summed E-state index contributed by atoms with van der Waals surface area (Å²) in [6, 6.07) is 25.2.